The average Bonchev–Trinajstić information content (AvgIpc) is 2.93. The molecule has 2 aromatic carbocycles. The molecular weight excluding hydrogens is 363 g/mol. The quantitative estimate of drug-likeness (QED) is 0.555. The second-order valence-corrected chi connectivity index (χ2v) is 6.43. The first-order chi connectivity index (χ1) is 11.9. The Morgan fingerprint density at radius 1 is 1.16 bits per heavy atom. The smallest absolute Gasteiger partial charge is 0.354 e. The van der Waals surface area contributed by atoms with Crippen molar-refractivity contribution in [3.05, 3.63) is 63.8 Å². The molecule has 25 heavy (non-hydrogen) atoms. The highest BCUT2D eigenvalue weighted by Crippen LogP contribution is 2.36. The predicted octanol–water partition coefficient (Wildman–Crippen LogP) is 4.86. The summed E-state index contributed by atoms with van der Waals surface area (Å²) in [6.07, 6.45) is 0. The van der Waals surface area contributed by atoms with Crippen LogP contribution in [0.1, 0.15) is 27.8 Å². The predicted molar refractivity (Wildman–Crippen MR) is 99.1 cm³/mol. The summed E-state index contributed by atoms with van der Waals surface area (Å²) in [4.78, 5) is 26.9. The van der Waals surface area contributed by atoms with Gasteiger partial charge in [-0.1, -0.05) is 53.5 Å². The number of carboxylic acids is 1. The number of ketones is 1. The number of aromatic amines is 1. The summed E-state index contributed by atoms with van der Waals surface area (Å²) in [5, 5.41) is 13.6. The summed E-state index contributed by atoms with van der Waals surface area (Å²) in [6, 6.07) is 11.2. The van der Waals surface area contributed by atoms with E-state index in [0.29, 0.717) is 26.5 Å². The first kappa shape index (κ1) is 17.3. The molecule has 0 spiro atoms. The summed E-state index contributed by atoms with van der Waals surface area (Å²) in [5.41, 5.74) is 1.21. The summed E-state index contributed by atoms with van der Waals surface area (Å²) in [6.45, 7) is 1.67. The number of Topliss-reactive ketones (excluding diaryl/α,β-unsaturated/α-hetero) is 1. The Labute approximate surface area is 153 Å². The highest BCUT2D eigenvalue weighted by molar-refractivity contribution is 6.40. The zero-order valence-electron chi connectivity index (χ0n) is 13.1. The van der Waals surface area contributed by atoms with E-state index in [-0.39, 0.29) is 17.2 Å². The van der Waals surface area contributed by atoms with Crippen LogP contribution >= 0.6 is 23.2 Å². The van der Waals surface area contributed by atoms with Gasteiger partial charge in [0.2, 0.25) is 0 Å². The lowest BCUT2D eigenvalue weighted by Gasteiger charge is -2.15. The SMILES string of the molecule is CC(Nc1c(C(=O)O)[nH]c2cc(Cl)cc(Cl)c12)C(=O)c1ccccc1. The fourth-order valence-electron chi connectivity index (χ4n) is 2.69. The number of anilines is 1. The maximum atomic E-state index is 12.6. The number of aromatic carboxylic acids is 1. The van der Waals surface area contributed by atoms with Gasteiger partial charge in [-0.3, -0.25) is 4.79 Å². The summed E-state index contributed by atoms with van der Waals surface area (Å²) >= 11 is 12.2. The number of H-pyrrole nitrogens is 1. The average molecular weight is 377 g/mol. The number of carboxylic acid groups (broad SMARTS) is 1. The Kier molecular flexibility index (Phi) is 4.70. The van der Waals surface area contributed by atoms with Gasteiger partial charge in [0, 0.05) is 16.0 Å². The molecule has 0 bridgehead atoms. The zero-order valence-corrected chi connectivity index (χ0v) is 14.7. The molecule has 1 unspecified atom stereocenters. The lowest BCUT2D eigenvalue weighted by molar-refractivity contribution is 0.0692. The molecule has 0 aliphatic heterocycles. The fraction of sp³-hybridized carbons (Fsp3) is 0.111. The van der Waals surface area contributed by atoms with E-state index in [1.807, 2.05) is 6.07 Å². The molecule has 0 aliphatic rings. The van der Waals surface area contributed by atoms with Gasteiger partial charge in [0.25, 0.3) is 0 Å². The highest BCUT2D eigenvalue weighted by atomic mass is 35.5. The van der Waals surface area contributed by atoms with Crippen LogP contribution in [0.25, 0.3) is 10.9 Å². The summed E-state index contributed by atoms with van der Waals surface area (Å²) in [5.74, 6) is -1.32. The van der Waals surface area contributed by atoms with Gasteiger partial charge >= 0.3 is 5.97 Å². The Morgan fingerprint density at radius 3 is 2.48 bits per heavy atom. The molecule has 3 rings (SSSR count). The maximum Gasteiger partial charge on any atom is 0.354 e. The molecule has 128 valence electrons. The largest absolute Gasteiger partial charge is 0.477 e. The molecule has 3 N–H and O–H groups in total. The number of carbonyl (C=O) groups is 2. The molecule has 7 heteroatoms. The Bertz CT molecular complexity index is 967. The van der Waals surface area contributed by atoms with E-state index in [0.717, 1.165) is 0 Å². The number of carbonyl (C=O) groups excluding carboxylic acids is 1. The van der Waals surface area contributed by atoms with Gasteiger partial charge in [0.1, 0.15) is 5.69 Å². The fourth-order valence-corrected chi connectivity index (χ4v) is 3.28. The van der Waals surface area contributed by atoms with Crippen molar-refractivity contribution >= 4 is 51.5 Å². The van der Waals surface area contributed by atoms with Gasteiger partial charge in [-0.05, 0) is 19.1 Å². The number of hydrogen-bond acceptors (Lipinski definition) is 3. The first-order valence-electron chi connectivity index (χ1n) is 7.48. The number of benzene rings is 2. The van der Waals surface area contributed by atoms with Gasteiger partial charge in [-0.25, -0.2) is 4.79 Å². The van der Waals surface area contributed by atoms with E-state index < -0.39 is 12.0 Å². The van der Waals surface area contributed by atoms with Crippen LogP contribution in [-0.4, -0.2) is 27.9 Å². The first-order valence-corrected chi connectivity index (χ1v) is 8.24. The van der Waals surface area contributed by atoms with E-state index >= 15 is 0 Å². The molecule has 5 nitrogen and oxygen atoms in total. The van der Waals surface area contributed by atoms with Crippen molar-refractivity contribution in [3.63, 3.8) is 0 Å². The maximum absolute atomic E-state index is 12.6. The monoisotopic (exact) mass is 376 g/mol. The Morgan fingerprint density at radius 2 is 1.84 bits per heavy atom. The van der Waals surface area contributed by atoms with Crippen LogP contribution in [0.3, 0.4) is 0 Å². The van der Waals surface area contributed by atoms with E-state index in [1.165, 1.54) is 6.07 Å². The molecule has 0 saturated carbocycles. The van der Waals surface area contributed by atoms with Gasteiger partial charge in [0.05, 0.1) is 22.3 Å². The molecule has 0 saturated heterocycles. The molecule has 3 aromatic rings. The Hall–Kier alpha value is -2.50. The summed E-state index contributed by atoms with van der Waals surface area (Å²) in [7, 11) is 0. The number of nitrogens with one attached hydrogen (secondary N) is 2. The van der Waals surface area contributed by atoms with Crippen molar-refractivity contribution in [1.29, 1.82) is 0 Å². The minimum absolute atomic E-state index is 0.0770. The topological polar surface area (TPSA) is 82.2 Å². The molecular formula is C18H14Cl2N2O3. The van der Waals surface area contributed by atoms with Crippen LogP contribution < -0.4 is 5.32 Å². The van der Waals surface area contributed by atoms with Crippen LogP contribution in [-0.2, 0) is 0 Å². The Balaban J connectivity index is 2.04. The van der Waals surface area contributed by atoms with E-state index in [4.69, 9.17) is 23.2 Å². The number of fused-ring (bicyclic) bond motifs is 1. The van der Waals surface area contributed by atoms with Gasteiger partial charge in [-0.15, -0.1) is 0 Å². The van der Waals surface area contributed by atoms with Crippen molar-refractivity contribution in [2.45, 2.75) is 13.0 Å². The van der Waals surface area contributed by atoms with Gasteiger partial charge in [0.15, 0.2) is 5.78 Å². The minimum atomic E-state index is -1.16. The van der Waals surface area contributed by atoms with E-state index in [2.05, 4.69) is 10.3 Å². The van der Waals surface area contributed by atoms with E-state index in [9.17, 15) is 14.7 Å². The van der Waals surface area contributed by atoms with Crippen molar-refractivity contribution in [1.82, 2.24) is 4.98 Å². The third-order valence-electron chi connectivity index (χ3n) is 3.84. The number of rotatable bonds is 5. The van der Waals surface area contributed by atoms with Crippen molar-refractivity contribution in [2.75, 3.05) is 5.32 Å². The third kappa shape index (κ3) is 3.34. The van der Waals surface area contributed by atoms with E-state index in [1.54, 1.807) is 37.3 Å². The van der Waals surface area contributed by atoms with Crippen molar-refractivity contribution in [2.24, 2.45) is 0 Å². The normalized spacial score (nSPS) is 12.1. The minimum Gasteiger partial charge on any atom is -0.477 e. The van der Waals surface area contributed by atoms with Crippen LogP contribution in [0.5, 0.6) is 0 Å². The standard InChI is InChI=1S/C18H14Cl2N2O3/c1-9(17(23)10-5-3-2-4-6-10)21-15-14-12(20)7-11(19)8-13(14)22-16(15)18(24)25/h2-9,21-22H,1H3,(H,24,25). The van der Waals surface area contributed by atoms with Gasteiger partial charge in [-0.2, -0.15) is 0 Å². The van der Waals surface area contributed by atoms with Crippen LogP contribution in [0.2, 0.25) is 10.0 Å². The number of hydrogen-bond donors (Lipinski definition) is 3. The van der Waals surface area contributed by atoms with Gasteiger partial charge < -0.3 is 15.4 Å². The molecule has 0 fully saturated rings. The molecule has 0 aliphatic carbocycles. The van der Waals surface area contributed by atoms with Crippen LogP contribution in [0, 0.1) is 0 Å². The van der Waals surface area contributed by atoms with Crippen LogP contribution in [0.15, 0.2) is 42.5 Å². The van der Waals surface area contributed by atoms with Crippen molar-refractivity contribution in [3.8, 4) is 0 Å². The second kappa shape index (κ2) is 6.78. The number of aromatic nitrogens is 1. The summed E-state index contributed by atoms with van der Waals surface area (Å²) < 4.78 is 0. The van der Waals surface area contributed by atoms with Crippen LogP contribution in [0.4, 0.5) is 5.69 Å². The molecule has 0 amide bonds. The molecule has 1 atom stereocenters. The van der Waals surface area contributed by atoms with Crippen molar-refractivity contribution < 1.29 is 14.7 Å². The number of halogens is 2. The zero-order chi connectivity index (χ0) is 18.1. The molecule has 0 radical (unpaired) electrons. The molecule has 1 heterocycles. The lowest BCUT2D eigenvalue weighted by Crippen LogP contribution is -2.27. The lowest BCUT2D eigenvalue weighted by atomic mass is 10.0. The molecule has 1 aromatic heterocycles. The third-order valence-corrected chi connectivity index (χ3v) is 4.36. The highest BCUT2D eigenvalue weighted by Gasteiger charge is 2.23. The second-order valence-electron chi connectivity index (χ2n) is 5.59.